The number of halogens is 1. The minimum Gasteiger partial charge on any atom is -0.369 e. The van der Waals surface area contributed by atoms with E-state index in [4.69, 9.17) is 5.73 Å². The van der Waals surface area contributed by atoms with E-state index >= 15 is 0 Å². The van der Waals surface area contributed by atoms with E-state index in [0.29, 0.717) is 11.9 Å². The molecule has 1 aromatic rings. The summed E-state index contributed by atoms with van der Waals surface area (Å²) in [5.41, 5.74) is 6.99. The smallest absolute Gasteiger partial charge is 0.196 e. The fourth-order valence-electron chi connectivity index (χ4n) is 3.70. The van der Waals surface area contributed by atoms with Gasteiger partial charge in [0.25, 0.3) is 0 Å². The molecule has 3 rings (SSSR count). The first-order chi connectivity index (χ1) is 9.61. The molecule has 3 nitrogen and oxygen atoms in total. The number of guanidine groups is 1. The topological polar surface area (TPSA) is 41.6 Å². The van der Waals surface area contributed by atoms with Crippen LogP contribution in [0.4, 0.5) is 10.1 Å². The van der Waals surface area contributed by atoms with E-state index in [1.807, 2.05) is 0 Å². The number of anilines is 1. The van der Waals surface area contributed by atoms with Crippen LogP contribution in [-0.2, 0) is 0 Å². The van der Waals surface area contributed by atoms with Crippen molar-refractivity contribution in [2.75, 3.05) is 11.4 Å². The van der Waals surface area contributed by atoms with Gasteiger partial charge in [0.15, 0.2) is 5.96 Å². The van der Waals surface area contributed by atoms with Gasteiger partial charge in [-0.25, -0.2) is 4.39 Å². The van der Waals surface area contributed by atoms with Crippen LogP contribution in [0.2, 0.25) is 0 Å². The fraction of sp³-hybridized carbons (Fsp3) is 0.562. The standard InChI is InChI=1S/C16H22FN3/c1-16(12-5-3-2-4-6-12)11-19-15(18)20(16)14-9-7-13(17)8-10-14/h7-10,12H,2-6,11H2,1H3,(H2,18,19). The molecule has 1 aromatic carbocycles. The van der Waals surface area contributed by atoms with Gasteiger partial charge in [-0.2, -0.15) is 0 Å². The Kier molecular flexibility index (Phi) is 3.40. The first-order valence-electron chi connectivity index (χ1n) is 7.47. The third-order valence-corrected chi connectivity index (χ3v) is 4.87. The first-order valence-corrected chi connectivity index (χ1v) is 7.47. The normalized spacial score (nSPS) is 27.7. The fourth-order valence-corrected chi connectivity index (χ4v) is 3.70. The van der Waals surface area contributed by atoms with Gasteiger partial charge >= 0.3 is 0 Å². The molecular weight excluding hydrogens is 253 g/mol. The second-order valence-electron chi connectivity index (χ2n) is 6.18. The molecule has 1 fully saturated rings. The zero-order chi connectivity index (χ0) is 14.2. The zero-order valence-electron chi connectivity index (χ0n) is 12.0. The molecule has 1 aliphatic carbocycles. The van der Waals surface area contributed by atoms with Crippen LogP contribution in [0.25, 0.3) is 0 Å². The lowest BCUT2D eigenvalue weighted by Crippen LogP contribution is -2.55. The third kappa shape index (κ3) is 2.17. The monoisotopic (exact) mass is 275 g/mol. The van der Waals surface area contributed by atoms with Crippen molar-refractivity contribution in [2.45, 2.75) is 44.6 Å². The molecular formula is C16H22FN3. The largest absolute Gasteiger partial charge is 0.369 e. The predicted octanol–water partition coefficient (Wildman–Crippen LogP) is 3.30. The molecule has 0 amide bonds. The van der Waals surface area contributed by atoms with Crippen molar-refractivity contribution < 1.29 is 4.39 Å². The van der Waals surface area contributed by atoms with E-state index < -0.39 is 0 Å². The highest BCUT2D eigenvalue weighted by Crippen LogP contribution is 2.41. The minimum atomic E-state index is -0.220. The molecule has 2 aliphatic rings. The summed E-state index contributed by atoms with van der Waals surface area (Å²) in [6.07, 6.45) is 6.38. The Morgan fingerprint density at radius 3 is 2.50 bits per heavy atom. The Hall–Kier alpha value is -1.58. The molecule has 1 saturated carbocycles. The Balaban J connectivity index is 1.92. The molecule has 0 saturated heterocycles. The zero-order valence-corrected chi connectivity index (χ0v) is 12.0. The number of benzene rings is 1. The molecule has 1 atom stereocenters. The van der Waals surface area contributed by atoms with Gasteiger partial charge in [-0.15, -0.1) is 0 Å². The lowest BCUT2D eigenvalue weighted by Gasteiger charge is -2.44. The van der Waals surface area contributed by atoms with E-state index in [9.17, 15) is 4.39 Å². The van der Waals surface area contributed by atoms with Crippen LogP contribution in [0.15, 0.2) is 29.3 Å². The lowest BCUT2D eigenvalue weighted by molar-refractivity contribution is 0.238. The SMILES string of the molecule is CC1(C2CCCCC2)CN=C(N)N1c1ccc(F)cc1. The van der Waals surface area contributed by atoms with Gasteiger partial charge in [0.1, 0.15) is 5.82 Å². The van der Waals surface area contributed by atoms with E-state index in [1.165, 1.54) is 44.2 Å². The Labute approximate surface area is 119 Å². The molecule has 1 unspecified atom stereocenters. The molecule has 0 radical (unpaired) electrons. The molecule has 20 heavy (non-hydrogen) atoms. The predicted molar refractivity (Wildman–Crippen MR) is 80.3 cm³/mol. The molecule has 108 valence electrons. The summed E-state index contributed by atoms with van der Waals surface area (Å²) in [7, 11) is 0. The maximum absolute atomic E-state index is 13.1. The van der Waals surface area contributed by atoms with Gasteiger partial charge in [-0.05, 0) is 49.9 Å². The molecule has 2 N–H and O–H groups in total. The van der Waals surface area contributed by atoms with Gasteiger partial charge in [0.05, 0.1) is 12.1 Å². The second kappa shape index (κ2) is 5.08. The average Bonchev–Trinajstić information content (AvgIpc) is 2.78. The van der Waals surface area contributed by atoms with Crippen LogP contribution >= 0.6 is 0 Å². The number of aliphatic imine (C=N–C) groups is 1. The molecule has 1 aliphatic heterocycles. The van der Waals surface area contributed by atoms with Crippen molar-refractivity contribution in [3.05, 3.63) is 30.1 Å². The summed E-state index contributed by atoms with van der Waals surface area (Å²) >= 11 is 0. The highest BCUT2D eigenvalue weighted by molar-refractivity contribution is 5.98. The van der Waals surface area contributed by atoms with Crippen LogP contribution in [0.3, 0.4) is 0 Å². The van der Waals surface area contributed by atoms with E-state index in [0.717, 1.165) is 12.2 Å². The van der Waals surface area contributed by atoms with Crippen molar-refractivity contribution in [1.29, 1.82) is 0 Å². The Morgan fingerprint density at radius 1 is 1.20 bits per heavy atom. The summed E-state index contributed by atoms with van der Waals surface area (Å²) in [5, 5.41) is 0. The number of hydrogen-bond donors (Lipinski definition) is 1. The van der Waals surface area contributed by atoms with E-state index in [-0.39, 0.29) is 11.4 Å². The second-order valence-corrected chi connectivity index (χ2v) is 6.18. The van der Waals surface area contributed by atoms with Crippen LogP contribution in [0, 0.1) is 11.7 Å². The van der Waals surface area contributed by atoms with Crippen molar-refractivity contribution in [3.63, 3.8) is 0 Å². The van der Waals surface area contributed by atoms with Crippen molar-refractivity contribution in [2.24, 2.45) is 16.6 Å². The molecule has 0 aromatic heterocycles. The summed E-state index contributed by atoms with van der Waals surface area (Å²) in [4.78, 5) is 6.58. The molecule has 0 bridgehead atoms. The first kappa shape index (κ1) is 13.4. The molecule has 0 spiro atoms. The number of rotatable bonds is 2. The maximum atomic E-state index is 13.1. The number of nitrogens with zero attached hydrogens (tertiary/aromatic N) is 2. The van der Waals surface area contributed by atoms with Crippen LogP contribution in [-0.4, -0.2) is 18.0 Å². The highest BCUT2D eigenvalue weighted by Gasteiger charge is 2.45. The van der Waals surface area contributed by atoms with Gasteiger partial charge in [0.2, 0.25) is 0 Å². The van der Waals surface area contributed by atoms with Gasteiger partial charge in [-0.3, -0.25) is 4.99 Å². The van der Waals surface area contributed by atoms with Crippen LogP contribution < -0.4 is 10.6 Å². The van der Waals surface area contributed by atoms with Gasteiger partial charge in [0, 0.05) is 5.69 Å². The molecule has 1 heterocycles. The quantitative estimate of drug-likeness (QED) is 0.899. The summed E-state index contributed by atoms with van der Waals surface area (Å²) in [6.45, 7) is 2.98. The van der Waals surface area contributed by atoms with E-state index in [1.54, 1.807) is 12.1 Å². The number of hydrogen-bond acceptors (Lipinski definition) is 3. The Morgan fingerprint density at radius 2 is 1.85 bits per heavy atom. The van der Waals surface area contributed by atoms with Crippen molar-refractivity contribution in [1.82, 2.24) is 0 Å². The van der Waals surface area contributed by atoms with Gasteiger partial charge < -0.3 is 10.6 Å². The Bertz CT molecular complexity index is 505. The third-order valence-electron chi connectivity index (χ3n) is 4.87. The summed E-state index contributed by atoms with van der Waals surface area (Å²) in [6, 6.07) is 6.57. The van der Waals surface area contributed by atoms with Crippen molar-refractivity contribution in [3.8, 4) is 0 Å². The highest BCUT2D eigenvalue weighted by atomic mass is 19.1. The van der Waals surface area contributed by atoms with E-state index in [2.05, 4.69) is 16.8 Å². The average molecular weight is 275 g/mol. The number of nitrogens with two attached hydrogens (primary N) is 1. The lowest BCUT2D eigenvalue weighted by atomic mass is 9.75. The van der Waals surface area contributed by atoms with Crippen LogP contribution in [0.5, 0.6) is 0 Å². The van der Waals surface area contributed by atoms with Crippen molar-refractivity contribution >= 4 is 11.6 Å². The van der Waals surface area contributed by atoms with Crippen LogP contribution in [0.1, 0.15) is 39.0 Å². The minimum absolute atomic E-state index is 0.0671. The van der Waals surface area contributed by atoms with Gasteiger partial charge in [-0.1, -0.05) is 19.3 Å². The molecule has 4 heteroatoms. The summed E-state index contributed by atoms with van der Waals surface area (Å²) < 4.78 is 13.1. The maximum Gasteiger partial charge on any atom is 0.196 e. The summed E-state index contributed by atoms with van der Waals surface area (Å²) in [5.74, 6) is 0.943.